The van der Waals surface area contributed by atoms with Gasteiger partial charge in [-0.1, -0.05) is 84.1 Å². The van der Waals surface area contributed by atoms with Gasteiger partial charge in [-0.15, -0.1) is 10.2 Å². The quantitative estimate of drug-likeness (QED) is 0.461. The molecule has 29 heavy (non-hydrogen) atoms. The van der Waals surface area contributed by atoms with E-state index in [0.29, 0.717) is 5.13 Å². The second kappa shape index (κ2) is 8.62. The van der Waals surface area contributed by atoms with Crippen LogP contribution in [0.5, 0.6) is 0 Å². The molecule has 4 aromatic rings. The highest BCUT2D eigenvalue weighted by atomic mass is 32.1. The van der Waals surface area contributed by atoms with Gasteiger partial charge in [0.15, 0.2) is 0 Å². The number of carbonyl (C=O) groups is 1. The van der Waals surface area contributed by atoms with E-state index in [2.05, 4.69) is 20.8 Å². The topological polar surface area (TPSA) is 66.9 Å². The Labute approximate surface area is 171 Å². The summed E-state index contributed by atoms with van der Waals surface area (Å²) in [7, 11) is 0. The Morgan fingerprint density at radius 2 is 1.38 bits per heavy atom. The summed E-state index contributed by atoms with van der Waals surface area (Å²) in [5.41, 5.74) is 2.26. The number of para-hydroxylation sites is 1. The molecule has 0 saturated carbocycles. The average Bonchev–Trinajstić information content (AvgIpc) is 3.19. The molecule has 0 bridgehead atoms. The second-order valence-corrected chi connectivity index (χ2v) is 7.27. The normalized spacial score (nSPS) is 10.7. The van der Waals surface area contributed by atoms with E-state index in [4.69, 9.17) is 0 Å². The third-order valence-electron chi connectivity index (χ3n) is 4.30. The molecule has 0 radical (unpaired) electrons. The van der Waals surface area contributed by atoms with E-state index in [1.165, 1.54) is 23.5 Å². The number of hydrogen-bond acceptors (Lipinski definition) is 4. The monoisotopic (exact) mass is 404 g/mol. The minimum atomic E-state index is -0.575. The van der Waals surface area contributed by atoms with Gasteiger partial charge >= 0.3 is 6.03 Å². The lowest BCUT2D eigenvalue weighted by Gasteiger charge is -2.14. The largest absolute Gasteiger partial charge is 0.325 e. The van der Waals surface area contributed by atoms with E-state index in [-0.39, 0.29) is 11.6 Å². The Balaban J connectivity index is 1.56. The van der Waals surface area contributed by atoms with Crippen molar-refractivity contribution in [2.45, 2.75) is 5.92 Å². The van der Waals surface area contributed by atoms with Crippen LogP contribution in [0.4, 0.5) is 20.0 Å². The fourth-order valence-electron chi connectivity index (χ4n) is 2.98. The Hall–Kier alpha value is -3.58. The second-order valence-electron chi connectivity index (χ2n) is 6.26. The number of amides is 2. The van der Waals surface area contributed by atoms with Gasteiger partial charge in [0.25, 0.3) is 0 Å². The maximum absolute atomic E-state index is 13.7. The Morgan fingerprint density at radius 1 is 0.793 bits per heavy atom. The number of carbonyl (C=O) groups excluding carboxylic acids is 1. The number of rotatable bonds is 5. The van der Waals surface area contributed by atoms with Crippen molar-refractivity contribution >= 4 is 28.2 Å². The summed E-state index contributed by atoms with van der Waals surface area (Å²) >= 11 is 1.29. The summed E-state index contributed by atoms with van der Waals surface area (Å²) in [5.74, 6) is -0.603. The lowest BCUT2D eigenvalue weighted by molar-refractivity contribution is 0.262. The number of halogens is 1. The average molecular weight is 404 g/mol. The number of benzene rings is 3. The number of hydrogen-bond donors (Lipinski definition) is 2. The van der Waals surface area contributed by atoms with Gasteiger partial charge in [0, 0.05) is 0 Å². The highest BCUT2D eigenvalue weighted by Crippen LogP contribution is 2.34. The molecule has 0 unspecified atom stereocenters. The molecule has 2 amide bonds. The van der Waals surface area contributed by atoms with Gasteiger partial charge in [-0.25, -0.2) is 9.18 Å². The van der Waals surface area contributed by atoms with E-state index >= 15 is 0 Å². The molecule has 0 saturated heterocycles. The van der Waals surface area contributed by atoms with Gasteiger partial charge in [0.1, 0.15) is 10.8 Å². The molecule has 0 aliphatic rings. The third-order valence-corrected chi connectivity index (χ3v) is 5.20. The Kier molecular flexibility index (Phi) is 5.58. The van der Waals surface area contributed by atoms with Crippen molar-refractivity contribution in [2.24, 2.45) is 0 Å². The van der Waals surface area contributed by atoms with Crippen molar-refractivity contribution in [2.75, 3.05) is 10.6 Å². The number of nitrogens with zero attached hydrogens (tertiary/aromatic N) is 2. The molecule has 2 N–H and O–H groups in total. The van der Waals surface area contributed by atoms with Crippen LogP contribution in [0.2, 0.25) is 0 Å². The van der Waals surface area contributed by atoms with Crippen molar-refractivity contribution in [3.8, 4) is 0 Å². The van der Waals surface area contributed by atoms with Crippen LogP contribution in [-0.2, 0) is 0 Å². The fraction of sp³-hybridized carbons (Fsp3) is 0.0455. The number of nitrogens with one attached hydrogen (secondary N) is 2. The molecule has 0 aliphatic carbocycles. The van der Waals surface area contributed by atoms with Crippen LogP contribution in [0.15, 0.2) is 84.9 Å². The van der Waals surface area contributed by atoms with E-state index in [1.807, 2.05) is 60.7 Å². The van der Waals surface area contributed by atoms with Gasteiger partial charge < -0.3 is 5.32 Å². The van der Waals surface area contributed by atoms with Crippen molar-refractivity contribution in [3.63, 3.8) is 0 Å². The zero-order valence-corrected chi connectivity index (χ0v) is 16.1. The zero-order valence-electron chi connectivity index (χ0n) is 15.2. The number of aromatic nitrogens is 2. The smallest absolute Gasteiger partial charge is 0.305 e. The third kappa shape index (κ3) is 4.47. The van der Waals surface area contributed by atoms with E-state index in [0.717, 1.165) is 16.1 Å². The molecule has 144 valence electrons. The molecule has 1 heterocycles. The van der Waals surface area contributed by atoms with Gasteiger partial charge in [-0.3, -0.25) is 5.32 Å². The van der Waals surface area contributed by atoms with Crippen molar-refractivity contribution in [1.82, 2.24) is 10.2 Å². The molecular formula is C22H17FN4OS. The fourth-order valence-corrected chi connectivity index (χ4v) is 3.88. The molecule has 3 aromatic carbocycles. The van der Waals surface area contributed by atoms with Crippen LogP contribution in [0.1, 0.15) is 22.1 Å². The van der Waals surface area contributed by atoms with Gasteiger partial charge in [0.2, 0.25) is 5.13 Å². The lowest BCUT2D eigenvalue weighted by Crippen LogP contribution is -2.19. The highest BCUT2D eigenvalue weighted by Gasteiger charge is 2.21. The molecule has 1 aromatic heterocycles. The first-order valence-electron chi connectivity index (χ1n) is 8.96. The van der Waals surface area contributed by atoms with Crippen molar-refractivity contribution in [3.05, 3.63) is 107 Å². The minimum Gasteiger partial charge on any atom is -0.305 e. The molecule has 5 nitrogen and oxygen atoms in total. The Morgan fingerprint density at radius 3 is 2.00 bits per heavy atom. The Bertz CT molecular complexity index is 1060. The maximum atomic E-state index is 13.7. The summed E-state index contributed by atoms with van der Waals surface area (Å²) in [4.78, 5) is 12.2. The van der Waals surface area contributed by atoms with Crippen molar-refractivity contribution < 1.29 is 9.18 Å². The van der Waals surface area contributed by atoms with Crippen LogP contribution in [0.25, 0.3) is 0 Å². The van der Waals surface area contributed by atoms with Crippen LogP contribution in [-0.4, -0.2) is 16.2 Å². The first-order valence-corrected chi connectivity index (χ1v) is 9.78. The zero-order chi connectivity index (χ0) is 20.1. The van der Waals surface area contributed by atoms with Crippen LogP contribution in [0, 0.1) is 5.82 Å². The van der Waals surface area contributed by atoms with Gasteiger partial charge in [-0.2, -0.15) is 0 Å². The lowest BCUT2D eigenvalue weighted by atomic mass is 9.92. The van der Waals surface area contributed by atoms with Crippen LogP contribution >= 0.6 is 11.3 Å². The standard InChI is InChI=1S/C22H17FN4OS/c23-17-13-7-8-14-18(17)24-21(28)25-22-27-26-20(29-22)19(15-9-3-1-4-10-15)16-11-5-2-6-12-16/h1-14,19H,(H2,24,25,27,28). The maximum Gasteiger partial charge on any atom is 0.325 e. The van der Waals surface area contributed by atoms with E-state index in [1.54, 1.807) is 12.1 Å². The summed E-state index contributed by atoms with van der Waals surface area (Å²) < 4.78 is 13.7. The van der Waals surface area contributed by atoms with Crippen LogP contribution in [0.3, 0.4) is 0 Å². The molecule has 4 rings (SSSR count). The molecule has 0 aliphatic heterocycles. The first-order chi connectivity index (χ1) is 14.2. The predicted molar refractivity (Wildman–Crippen MR) is 113 cm³/mol. The summed E-state index contributed by atoms with van der Waals surface area (Å²) in [6.07, 6.45) is 0. The molecule has 0 spiro atoms. The number of anilines is 2. The SMILES string of the molecule is O=C(Nc1nnc(C(c2ccccc2)c2ccccc2)s1)Nc1ccccc1F. The van der Waals surface area contributed by atoms with E-state index < -0.39 is 11.8 Å². The first kappa shape index (κ1) is 18.8. The molecule has 0 fully saturated rings. The predicted octanol–water partition coefficient (Wildman–Crippen LogP) is 5.50. The summed E-state index contributed by atoms with van der Waals surface area (Å²) in [6, 6.07) is 25.4. The molecule has 0 atom stereocenters. The molecule has 7 heteroatoms. The summed E-state index contributed by atoms with van der Waals surface area (Å²) in [6.45, 7) is 0. The summed E-state index contributed by atoms with van der Waals surface area (Å²) in [5, 5.41) is 14.6. The van der Waals surface area contributed by atoms with Gasteiger partial charge in [-0.05, 0) is 23.3 Å². The molecular weight excluding hydrogens is 387 g/mol. The minimum absolute atomic E-state index is 0.0971. The van der Waals surface area contributed by atoms with Crippen molar-refractivity contribution in [1.29, 1.82) is 0 Å². The number of urea groups is 1. The highest BCUT2D eigenvalue weighted by molar-refractivity contribution is 7.15. The van der Waals surface area contributed by atoms with Crippen LogP contribution < -0.4 is 10.6 Å². The van der Waals surface area contributed by atoms with Gasteiger partial charge in [0.05, 0.1) is 11.6 Å². The van der Waals surface area contributed by atoms with E-state index in [9.17, 15) is 9.18 Å².